The van der Waals surface area contributed by atoms with E-state index < -0.39 is 0 Å². The average Bonchev–Trinajstić information content (AvgIpc) is 3.39. The van der Waals surface area contributed by atoms with E-state index in [1.807, 2.05) is 6.07 Å². The van der Waals surface area contributed by atoms with Crippen molar-refractivity contribution in [3.8, 4) is 0 Å². The molecule has 1 unspecified atom stereocenters. The Morgan fingerprint density at radius 3 is 2.11 bits per heavy atom. The first-order valence-corrected chi connectivity index (χ1v) is 13.8. The highest BCUT2D eigenvalue weighted by Crippen LogP contribution is 2.33. The van der Waals surface area contributed by atoms with E-state index >= 15 is 0 Å². The summed E-state index contributed by atoms with van der Waals surface area (Å²) in [6, 6.07) is 30.0. The highest BCUT2D eigenvalue weighted by atomic mass is 32.1. The Morgan fingerprint density at radius 2 is 1.44 bits per heavy atom. The molecule has 1 aromatic heterocycles. The van der Waals surface area contributed by atoms with Gasteiger partial charge in [-0.2, -0.15) is 0 Å². The van der Waals surface area contributed by atoms with Gasteiger partial charge in [-0.05, 0) is 36.1 Å². The number of para-hydroxylation sites is 1. The summed E-state index contributed by atoms with van der Waals surface area (Å²) in [4.78, 5) is 25.4. The molecule has 2 aliphatic rings. The van der Waals surface area contributed by atoms with Crippen LogP contribution in [0.4, 0.5) is 5.13 Å². The van der Waals surface area contributed by atoms with Crippen molar-refractivity contribution in [3.05, 3.63) is 96.1 Å². The first-order chi connectivity index (χ1) is 17.8. The molecule has 36 heavy (non-hydrogen) atoms. The Hall–Kier alpha value is -3.22. The van der Waals surface area contributed by atoms with Gasteiger partial charge in [-0.25, -0.2) is 4.98 Å². The van der Waals surface area contributed by atoms with Gasteiger partial charge in [0.05, 0.1) is 22.2 Å². The molecule has 0 saturated carbocycles. The number of hydrogen-bond acceptors (Lipinski definition) is 5. The zero-order valence-electron chi connectivity index (χ0n) is 20.5. The number of thiazole rings is 1. The van der Waals surface area contributed by atoms with Crippen LogP contribution in [0.1, 0.15) is 30.0 Å². The van der Waals surface area contributed by atoms with Crippen LogP contribution in [-0.2, 0) is 4.79 Å². The molecular formula is C30H32N4OS. The molecule has 4 aromatic rings. The van der Waals surface area contributed by atoms with Crippen molar-refractivity contribution in [1.29, 1.82) is 0 Å². The summed E-state index contributed by atoms with van der Waals surface area (Å²) in [5, 5.41) is 1.05. The average molecular weight is 497 g/mol. The number of piperidine rings is 1. The number of amides is 1. The van der Waals surface area contributed by atoms with E-state index in [1.165, 1.54) is 15.8 Å². The fourth-order valence-corrected chi connectivity index (χ4v) is 6.69. The number of hydrogen-bond donors (Lipinski definition) is 0. The molecule has 0 N–H and O–H groups in total. The Kier molecular flexibility index (Phi) is 6.71. The van der Waals surface area contributed by atoms with Crippen molar-refractivity contribution >= 4 is 32.6 Å². The van der Waals surface area contributed by atoms with Crippen LogP contribution < -0.4 is 4.90 Å². The monoisotopic (exact) mass is 496 g/mol. The molecule has 3 heterocycles. The van der Waals surface area contributed by atoms with Gasteiger partial charge in [0.1, 0.15) is 0 Å². The van der Waals surface area contributed by atoms with E-state index in [9.17, 15) is 4.79 Å². The van der Waals surface area contributed by atoms with E-state index in [-0.39, 0.29) is 12.0 Å². The molecule has 2 fully saturated rings. The van der Waals surface area contributed by atoms with Crippen molar-refractivity contribution in [1.82, 2.24) is 14.8 Å². The molecule has 3 aromatic carbocycles. The second kappa shape index (κ2) is 10.4. The number of aromatic nitrogens is 1. The summed E-state index contributed by atoms with van der Waals surface area (Å²) in [6.07, 6.45) is 2.01. The van der Waals surface area contributed by atoms with Crippen LogP contribution in [0, 0.1) is 5.92 Å². The van der Waals surface area contributed by atoms with Gasteiger partial charge in [0.25, 0.3) is 0 Å². The Bertz CT molecular complexity index is 1230. The van der Waals surface area contributed by atoms with Gasteiger partial charge in [0.15, 0.2) is 5.13 Å². The first-order valence-electron chi connectivity index (χ1n) is 13.0. The maximum Gasteiger partial charge on any atom is 0.227 e. The van der Waals surface area contributed by atoms with Gasteiger partial charge in [-0.1, -0.05) is 84.1 Å². The standard InChI is InChI=1S/C30H32N4OS/c35-29(25-14-9-17-34(22-25)30-31-26-15-7-8-16-27(26)36-30)33-20-18-32(19-21-33)28(23-10-3-1-4-11-23)24-12-5-2-6-13-24/h1-8,10-13,15-16,25,28H,9,14,17-22H2. The van der Waals surface area contributed by atoms with Gasteiger partial charge >= 0.3 is 0 Å². The second-order valence-corrected chi connectivity index (χ2v) is 10.8. The van der Waals surface area contributed by atoms with Crippen molar-refractivity contribution in [2.45, 2.75) is 18.9 Å². The number of carbonyl (C=O) groups excluding carboxylic acids is 1. The minimum atomic E-state index is 0.0522. The lowest BCUT2D eigenvalue weighted by atomic mass is 9.95. The molecule has 1 atom stereocenters. The van der Waals surface area contributed by atoms with Gasteiger partial charge in [0.2, 0.25) is 5.91 Å². The van der Waals surface area contributed by atoms with Crippen LogP contribution in [0.3, 0.4) is 0 Å². The maximum atomic E-state index is 13.6. The number of fused-ring (bicyclic) bond motifs is 1. The summed E-state index contributed by atoms with van der Waals surface area (Å²) in [6.45, 7) is 5.09. The maximum absolute atomic E-state index is 13.6. The molecule has 5 nitrogen and oxygen atoms in total. The molecule has 2 saturated heterocycles. The van der Waals surface area contributed by atoms with Crippen molar-refractivity contribution in [3.63, 3.8) is 0 Å². The van der Waals surface area contributed by atoms with Crippen molar-refractivity contribution < 1.29 is 4.79 Å². The van der Waals surface area contributed by atoms with Crippen LogP contribution in [0.5, 0.6) is 0 Å². The van der Waals surface area contributed by atoms with Gasteiger partial charge < -0.3 is 9.80 Å². The molecule has 0 bridgehead atoms. The van der Waals surface area contributed by atoms with E-state index in [0.717, 1.165) is 62.8 Å². The topological polar surface area (TPSA) is 39.7 Å². The lowest BCUT2D eigenvalue weighted by molar-refractivity contribution is -0.137. The highest BCUT2D eigenvalue weighted by Gasteiger charge is 2.33. The largest absolute Gasteiger partial charge is 0.347 e. The molecule has 0 radical (unpaired) electrons. The van der Waals surface area contributed by atoms with Crippen LogP contribution in [0.2, 0.25) is 0 Å². The number of piperazine rings is 1. The van der Waals surface area contributed by atoms with Gasteiger partial charge in [-0.3, -0.25) is 9.69 Å². The number of nitrogens with zero attached hydrogens (tertiary/aromatic N) is 4. The molecule has 6 rings (SSSR count). The minimum Gasteiger partial charge on any atom is -0.347 e. The summed E-state index contributed by atoms with van der Waals surface area (Å²) in [7, 11) is 0. The third-order valence-corrected chi connectivity index (χ3v) is 8.64. The normalized spacial score (nSPS) is 19.2. The summed E-state index contributed by atoms with van der Waals surface area (Å²) in [5.74, 6) is 0.368. The Balaban J connectivity index is 1.12. The van der Waals surface area contributed by atoms with Crippen LogP contribution >= 0.6 is 11.3 Å². The highest BCUT2D eigenvalue weighted by molar-refractivity contribution is 7.22. The molecule has 0 aliphatic carbocycles. The van der Waals surface area contributed by atoms with Crippen LogP contribution in [0.15, 0.2) is 84.9 Å². The lowest BCUT2D eigenvalue weighted by Crippen LogP contribution is -2.53. The summed E-state index contributed by atoms with van der Waals surface area (Å²) < 4.78 is 1.21. The van der Waals surface area contributed by atoms with E-state index in [1.54, 1.807) is 11.3 Å². The van der Waals surface area contributed by atoms with Gasteiger partial charge in [-0.15, -0.1) is 0 Å². The van der Waals surface area contributed by atoms with E-state index in [2.05, 4.69) is 93.6 Å². The fraction of sp³-hybridized carbons (Fsp3) is 0.333. The number of carbonyl (C=O) groups is 1. The van der Waals surface area contributed by atoms with Crippen molar-refractivity contribution in [2.24, 2.45) is 5.92 Å². The lowest BCUT2D eigenvalue weighted by Gasteiger charge is -2.42. The Morgan fingerprint density at radius 1 is 0.806 bits per heavy atom. The summed E-state index contributed by atoms with van der Waals surface area (Å²) in [5.41, 5.74) is 3.66. The number of rotatable bonds is 5. The zero-order valence-corrected chi connectivity index (χ0v) is 21.3. The molecular weight excluding hydrogens is 464 g/mol. The predicted octanol–water partition coefficient (Wildman–Crippen LogP) is 5.45. The SMILES string of the molecule is O=C(C1CCCN(c2nc3ccccc3s2)C1)N1CCN(C(c2ccccc2)c2ccccc2)CC1. The fourth-order valence-electron chi connectivity index (χ4n) is 5.69. The third kappa shape index (κ3) is 4.75. The predicted molar refractivity (Wildman–Crippen MR) is 147 cm³/mol. The quantitative estimate of drug-likeness (QED) is 0.369. The first kappa shape index (κ1) is 23.2. The molecule has 1 amide bonds. The van der Waals surface area contributed by atoms with Crippen LogP contribution in [0.25, 0.3) is 10.2 Å². The molecule has 2 aliphatic heterocycles. The molecule has 6 heteroatoms. The van der Waals surface area contributed by atoms with E-state index in [0.29, 0.717) is 5.91 Å². The zero-order chi connectivity index (χ0) is 24.3. The third-order valence-electron chi connectivity index (χ3n) is 7.55. The Labute approximate surface area is 217 Å². The molecule has 0 spiro atoms. The minimum absolute atomic E-state index is 0.0522. The van der Waals surface area contributed by atoms with E-state index in [4.69, 9.17) is 4.98 Å². The van der Waals surface area contributed by atoms with Crippen molar-refractivity contribution in [2.75, 3.05) is 44.2 Å². The van der Waals surface area contributed by atoms with Crippen LogP contribution in [-0.4, -0.2) is 60.0 Å². The second-order valence-electron chi connectivity index (χ2n) is 9.83. The smallest absolute Gasteiger partial charge is 0.227 e. The van der Waals surface area contributed by atoms with Gasteiger partial charge in [0, 0.05) is 39.3 Å². The summed E-state index contributed by atoms with van der Waals surface area (Å²) >= 11 is 1.74. The molecule has 184 valence electrons. The number of anilines is 1. The number of benzene rings is 3.